The number of alkyl halides is 3. The summed E-state index contributed by atoms with van der Waals surface area (Å²) in [6.07, 6.45) is -3.08. The molecule has 1 aromatic heterocycles. The van der Waals surface area contributed by atoms with E-state index in [9.17, 15) is 18.0 Å². The Morgan fingerprint density at radius 1 is 1.14 bits per heavy atom. The zero-order valence-electron chi connectivity index (χ0n) is 10.2. The predicted octanol–water partition coefficient (Wildman–Crippen LogP) is 4.88. The van der Waals surface area contributed by atoms with E-state index >= 15 is 0 Å². The topological polar surface area (TPSA) is 42.0 Å². The molecule has 0 aliphatic carbocycles. The minimum absolute atomic E-state index is 0.0419. The SMILES string of the molecule is O=C(Nc1ccc(Br)c(C(F)(F)F)c1)c1ccc(Br)cn1. The van der Waals surface area contributed by atoms with Gasteiger partial charge in [0.2, 0.25) is 0 Å². The first-order chi connectivity index (χ1) is 9.77. The molecule has 0 aliphatic rings. The number of hydrogen-bond donors (Lipinski definition) is 1. The molecular formula is C13H7Br2F3N2O. The van der Waals surface area contributed by atoms with E-state index in [-0.39, 0.29) is 15.9 Å². The number of nitrogens with zero attached hydrogens (tertiary/aromatic N) is 1. The van der Waals surface area contributed by atoms with Crippen LogP contribution in [0.4, 0.5) is 18.9 Å². The first kappa shape index (κ1) is 16.0. The molecule has 2 rings (SSSR count). The monoisotopic (exact) mass is 422 g/mol. The van der Waals surface area contributed by atoms with Crippen LogP contribution >= 0.6 is 31.9 Å². The van der Waals surface area contributed by atoms with Gasteiger partial charge in [0.1, 0.15) is 5.69 Å². The van der Waals surface area contributed by atoms with Gasteiger partial charge in [-0.1, -0.05) is 15.9 Å². The van der Waals surface area contributed by atoms with Crippen LogP contribution in [0, 0.1) is 0 Å². The maximum atomic E-state index is 12.8. The third kappa shape index (κ3) is 4.04. The molecule has 0 aliphatic heterocycles. The molecule has 3 nitrogen and oxygen atoms in total. The first-order valence-electron chi connectivity index (χ1n) is 5.57. The van der Waals surface area contributed by atoms with Crippen LogP contribution in [-0.4, -0.2) is 10.9 Å². The minimum Gasteiger partial charge on any atom is -0.321 e. The van der Waals surface area contributed by atoms with Gasteiger partial charge in [0.15, 0.2) is 0 Å². The van der Waals surface area contributed by atoms with Gasteiger partial charge in [-0.2, -0.15) is 13.2 Å². The summed E-state index contributed by atoms with van der Waals surface area (Å²) in [5.41, 5.74) is -0.709. The summed E-state index contributed by atoms with van der Waals surface area (Å²) >= 11 is 6.01. The van der Waals surface area contributed by atoms with Crippen LogP contribution in [0.1, 0.15) is 16.1 Å². The number of hydrogen-bond acceptors (Lipinski definition) is 2. The number of aromatic nitrogens is 1. The van der Waals surface area contributed by atoms with Gasteiger partial charge in [0, 0.05) is 20.8 Å². The molecular weight excluding hydrogens is 417 g/mol. The maximum absolute atomic E-state index is 12.8. The van der Waals surface area contributed by atoms with E-state index in [1.807, 2.05) is 0 Å². The van der Waals surface area contributed by atoms with Gasteiger partial charge in [0.05, 0.1) is 5.56 Å². The van der Waals surface area contributed by atoms with Crippen LogP contribution in [0.3, 0.4) is 0 Å². The molecule has 110 valence electrons. The largest absolute Gasteiger partial charge is 0.417 e. The number of carbonyl (C=O) groups is 1. The number of rotatable bonds is 2. The van der Waals surface area contributed by atoms with Crippen LogP contribution in [-0.2, 0) is 6.18 Å². The molecule has 21 heavy (non-hydrogen) atoms. The fourth-order valence-corrected chi connectivity index (χ4v) is 2.23. The molecule has 0 spiro atoms. The lowest BCUT2D eigenvalue weighted by atomic mass is 10.2. The van der Waals surface area contributed by atoms with Crippen molar-refractivity contribution < 1.29 is 18.0 Å². The molecule has 2 aromatic rings. The van der Waals surface area contributed by atoms with Crippen molar-refractivity contribution in [1.82, 2.24) is 4.98 Å². The van der Waals surface area contributed by atoms with Crippen molar-refractivity contribution >= 4 is 43.5 Å². The molecule has 0 fully saturated rings. The lowest BCUT2D eigenvalue weighted by Crippen LogP contribution is -2.14. The Labute approximate surface area is 134 Å². The molecule has 0 saturated carbocycles. The number of amides is 1. The second-order valence-electron chi connectivity index (χ2n) is 4.01. The molecule has 1 amide bonds. The summed E-state index contributed by atoms with van der Waals surface area (Å²) in [6, 6.07) is 6.54. The van der Waals surface area contributed by atoms with Gasteiger partial charge < -0.3 is 5.32 Å². The zero-order valence-corrected chi connectivity index (χ0v) is 13.4. The number of benzene rings is 1. The standard InChI is InChI=1S/C13H7Br2F3N2O/c14-7-1-4-11(19-6-7)12(21)20-8-2-3-10(15)9(5-8)13(16,17)18/h1-6H,(H,20,21). The summed E-state index contributed by atoms with van der Waals surface area (Å²) in [7, 11) is 0. The molecule has 0 unspecified atom stereocenters. The van der Waals surface area contributed by atoms with Gasteiger partial charge in [-0.25, -0.2) is 4.98 Å². The highest BCUT2D eigenvalue weighted by molar-refractivity contribution is 9.10. The van der Waals surface area contributed by atoms with Crippen molar-refractivity contribution in [3.8, 4) is 0 Å². The molecule has 1 heterocycles. The highest BCUT2D eigenvalue weighted by Crippen LogP contribution is 2.36. The van der Waals surface area contributed by atoms with Crippen LogP contribution in [0.25, 0.3) is 0 Å². The van der Waals surface area contributed by atoms with Crippen molar-refractivity contribution in [3.63, 3.8) is 0 Å². The van der Waals surface area contributed by atoms with E-state index in [1.54, 1.807) is 6.07 Å². The number of anilines is 1. The number of halogens is 5. The van der Waals surface area contributed by atoms with Gasteiger partial charge >= 0.3 is 6.18 Å². The van der Waals surface area contributed by atoms with Crippen molar-refractivity contribution in [2.45, 2.75) is 6.18 Å². The van der Waals surface area contributed by atoms with Crippen molar-refractivity contribution in [3.05, 3.63) is 56.7 Å². The summed E-state index contributed by atoms with van der Waals surface area (Å²) in [4.78, 5) is 15.8. The predicted molar refractivity (Wildman–Crippen MR) is 79.0 cm³/mol. The van der Waals surface area contributed by atoms with Crippen molar-refractivity contribution in [2.75, 3.05) is 5.32 Å². The molecule has 0 bridgehead atoms. The van der Waals surface area contributed by atoms with E-state index in [0.29, 0.717) is 4.47 Å². The third-order valence-electron chi connectivity index (χ3n) is 2.49. The molecule has 0 radical (unpaired) electrons. The fraction of sp³-hybridized carbons (Fsp3) is 0.0769. The third-order valence-corrected chi connectivity index (χ3v) is 3.65. The smallest absolute Gasteiger partial charge is 0.321 e. The number of carbonyl (C=O) groups excluding carboxylic acids is 1. The van der Waals surface area contributed by atoms with Crippen molar-refractivity contribution in [1.29, 1.82) is 0 Å². The van der Waals surface area contributed by atoms with E-state index < -0.39 is 17.6 Å². The summed E-state index contributed by atoms with van der Waals surface area (Å²) in [6.45, 7) is 0. The molecule has 0 saturated heterocycles. The van der Waals surface area contributed by atoms with Crippen LogP contribution in [0.15, 0.2) is 45.5 Å². The first-order valence-corrected chi connectivity index (χ1v) is 7.15. The Morgan fingerprint density at radius 2 is 1.86 bits per heavy atom. The normalized spacial score (nSPS) is 11.3. The zero-order chi connectivity index (χ0) is 15.6. The Morgan fingerprint density at radius 3 is 2.43 bits per heavy atom. The van der Waals surface area contributed by atoms with Crippen molar-refractivity contribution in [2.24, 2.45) is 0 Å². The van der Waals surface area contributed by atoms with Crippen LogP contribution in [0.2, 0.25) is 0 Å². The molecule has 0 atom stereocenters. The average Bonchev–Trinajstić information content (AvgIpc) is 2.40. The van der Waals surface area contributed by atoms with Gasteiger partial charge in [-0.15, -0.1) is 0 Å². The average molecular weight is 424 g/mol. The Hall–Kier alpha value is -1.41. The van der Waals surface area contributed by atoms with Crippen LogP contribution < -0.4 is 5.32 Å². The minimum atomic E-state index is -4.50. The Balaban J connectivity index is 2.24. The molecule has 8 heteroatoms. The van der Waals surface area contributed by atoms with E-state index in [2.05, 4.69) is 42.2 Å². The Kier molecular flexibility index (Phi) is 4.67. The number of nitrogens with one attached hydrogen (secondary N) is 1. The van der Waals surface area contributed by atoms with E-state index in [4.69, 9.17) is 0 Å². The summed E-state index contributed by atoms with van der Waals surface area (Å²) < 4.78 is 38.9. The van der Waals surface area contributed by atoms with Gasteiger partial charge in [-0.05, 0) is 46.3 Å². The summed E-state index contributed by atoms with van der Waals surface area (Å²) in [5, 5.41) is 2.38. The Bertz CT molecular complexity index is 672. The van der Waals surface area contributed by atoms with E-state index in [0.717, 1.165) is 6.07 Å². The second kappa shape index (κ2) is 6.15. The summed E-state index contributed by atoms with van der Waals surface area (Å²) in [5.74, 6) is -0.585. The second-order valence-corrected chi connectivity index (χ2v) is 5.78. The van der Waals surface area contributed by atoms with Gasteiger partial charge in [-0.3, -0.25) is 4.79 Å². The quantitative estimate of drug-likeness (QED) is 0.748. The lowest BCUT2D eigenvalue weighted by molar-refractivity contribution is -0.138. The van der Waals surface area contributed by atoms with E-state index in [1.165, 1.54) is 24.4 Å². The van der Waals surface area contributed by atoms with Crippen LogP contribution in [0.5, 0.6) is 0 Å². The maximum Gasteiger partial charge on any atom is 0.417 e. The van der Waals surface area contributed by atoms with Gasteiger partial charge in [0.25, 0.3) is 5.91 Å². The highest BCUT2D eigenvalue weighted by atomic mass is 79.9. The highest BCUT2D eigenvalue weighted by Gasteiger charge is 2.33. The fourth-order valence-electron chi connectivity index (χ4n) is 1.53. The lowest BCUT2D eigenvalue weighted by Gasteiger charge is -2.11. The molecule has 1 aromatic carbocycles. The molecule has 1 N–H and O–H groups in total. The number of pyridine rings is 1.